The Morgan fingerprint density at radius 1 is 1.14 bits per heavy atom. The Hall–Kier alpha value is -2.20. The van der Waals surface area contributed by atoms with Crippen molar-refractivity contribution in [2.45, 2.75) is 0 Å². The first-order valence-corrected chi connectivity index (χ1v) is 6.93. The van der Waals surface area contributed by atoms with Crippen molar-refractivity contribution in [3.63, 3.8) is 0 Å². The summed E-state index contributed by atoms with van der Waals surface area (Å²) < 4.78 is 5.56. The van der Waals surface area contributed by atoms with Crippen LogP contribution in [0.3, 0.4) is 0 Å². The highest BCUT2D eigenvalue weighted by Gasteiger charge is 2.11. The van der Waals surface area contributed by atoms with Crippen LogP contribution >= 0.6 is 11.6 Å². The molecule has 0 unspecified atom stereocenters. The molecule has 2 rings (SSSR count). The zero-order chi connectivity index (χ0) is 15.2. The molecule has 0 bridgehead atoms. The number of ether oxygens (including phenoxy) is 1. The van der Waals surface area contributed by atoms with E-state index >= 15 is 0 Å². The summed E-state index contributed by atoms with van der Waals surface area (Å²) in [7, 11) is 1.74. The van der Waals surface area contributed by atoms with Crippen LogP contribution in [0.1, 0.15) is 10.4 Å². The van der Waals surface area contributed by atoms with E-state index in [1.807, 2.05) is 0 Å². The van der Waals surface area contributed by atoms with Gasteiger partial charge in [0.15, 0.2) is 0 Å². The van der Waals surface area contributed by atoms with Gasteiger partial charge in [0.05, 0.1) is 6.54 Å². The van der Waals surface area contributed by atoms with E-state index in [-0.39, 0.29) is 5.91 Å². The molecule has 0 saturated heterocycles. The number of nitrogen functional groups attached to an aromatic ring is 1. The van der Waals surface area contributed by atoms with E-state index in [0.29, 0.717) is 29.4 Å². The van der Waals surface area contributed by atoms with Crippen molar-refractivity contribution in [2.24, 2.45) is 0 Å². The smallest absolute Gasteiger partial charge is 0.253 e. The maximum atomic E-state index is 12.2. The van der Waals surface area contributed by atoms with Gasteiger partial charge < -0.3 is 15.4 Å². The number of rotatable bonds is 5. The Labute approximate surface area is 129 Å². The number of hydrogen-bond donors (Lipinski definition) is 1. The van der Waals surface area contributed by atoms with Gasteiger partial charge in [0.25, 0.3) is 5.91 Å². The molecule has 0 spiro atoms. The largest absolute Gasteiger partial charge is 0.492 e. The fraction of sp³-hybridized carbons (Fsp3) is 0.188. The Kier molecular flexibility index (Phi) is 5.06. The average Bonchev–Trinajstić information content (AvgIpc) is 2.49. The van der Waals surface area contributed by atoms with E-state index in [9.17, 15) is 4.79 Å². The van der Waals surface area contributed by atoms with E-state index in [0.717, 1.165) is 5.75 Å². The second-order valence-corrected chi connectivity index (χ2v) is 5.09. The highest BCUT2D eigenvalue weighted by atomic mass is 35.5. The molecule has 1 amide bonds. The van der Waals surface area contributed by atoms with Gasteiger partial charge >= 0.3 is 0 Å². The van der Waals surface area contributed by atoms with Crippen molar-refractivity contribution in [3.05, 3.63) is 59.1 Å². The number of carbonyl (C=O) groups is 1. The summed E-state index contributed by atoms with van der Waals surface area (Å²) in [5, 5.41) is 0.665. The zero-order valence-corrected chi connectivity index (χ0v) is 12.5. The lowest BCUT2D eigenvalue weighted by Gasteiger charge is -2.17. The summed E-state index contributed by atoms with van der Waals surface area (Å²) in [6.45, 7) is 0.907. The molecular formula is C16H17ClN2O2. The lowest BCUT2D eigenvalue weighted by molar-refractivity contribution is 0.0774. The Morgan fingerprint density at radius 3 is 2.38 bits per heavy atom. The number of amides is 1. The lowest BCUT2D eigenvalue weighted by atomic mass is 10.2. The molecule has 110 valence electrons. The number of nitrogens with two attached hydrogens (primary N) is 1. The normalized spacial score (nSPS) is 10.2. The number of anilines is 1. The minimum atomic E-state index is -0.0605. The van der Waals surface area contributed by atoms with Crippen molar-refractivity contribution >= 4 is 23.2 Å². The van der Waals surface area contributed by atoms with Crippen molar-refractivity contribution in [1.82, 2.24) is 4.90 Å². The standard InChI is InChI=1S/C16H17ClN2O2/c1-19(16(20)12-2-6-14(18)7-3-12)10-11-21-15-8-4-13(17)5-9-15/h2-9H,10-11,18H2,1H3. The van der Waals surface area contributed by atoms with Crippen LogP contribution < -0.4 is 10.5 Å². The molecule has 0 aliphatic rings. The Bertz CT molecular complexity index is 597. The average molecular weight is 305 g/mol. The minimum absolute atomic E-state index is 0.0605. The van der Waals surface area contributed by atoms with Gasteiger partial charge in [-0.05, 0) is 48.5 Å². The van der Waals surface area contributed by atoms with E-state index in [2.05, 4.69) is 0 Å². The molecule has 0 radical (unpaired) electrons. The molecule has 21 heavy (non-hydrogen) atoms. The first-order chi connectivity index (χ1) is 10.1. The predicted octanol–water partition coefficient (Wildman–Crippen LogP) is 3.07. The van der Waals surface area contributed by atoms with Gasteiger partial charge in [0.1, 0.15) is 12.4 Å². The number of hydrogen-bond acceptors (Lipinski definition) is 3. The highest BCUT2D eigenvalue weighted by Crippen LogP contribution is 2.15. The third kappa shape index (κ3) is 4.39. The summed E-state index contributed by atoms with van der Waals surface area (Å²) in [5.41, 5.74) is 6.85. The monoisotopic (exact) mass is 304 g/mol. The first kappa shape index (κ1) is 15.2. The van der Waals surface area contributed by atoms with Crippen molar-refractivity contribution in [2.75, 3.05) is 25.9 Å². The van der Waals surface area contributed by atoms with E-state index in [1.165, 1.54) is 0 Å². The topological polar surface area (TPSA) is 55.6 Å². The van der Waals surface area contributed by atoms with Gasteiger partial charge in [-0.1, -0.05) is 11.6 Å². The van der Waals surface area contributed by atoms with Crippen LogP contribution in [0.4, 0.5) is 5.69 Å². The molecule has 0 aromatic heterocycles. The molecule has 0 heterocycles. The van der Waals surface area contributed by atoms with Gasteiger partial charge in [-0.25, -0.2) is 0 Å². The Balaban J connectivity index is 1.83. The second kappa shape index (κ2) is 6.99. The maximum Gasteiger partial charge on any atom is 0.253 e. The van der Waals surface area contributed by atoms with Gasteiger partial charge in [-0.15, -0.1) is 0 Å². The molecule has 0 aliphatic heterocycles. The molecule has 2 aromatic carbocycles. The number of benzene rings is 2. The third-order valence-corrected chi connectivity index (χ3v) is 3.27. The van der Waals surface area contributed by atoms with Gasteiger partial charge in [-0.2, -0.15) is 0 Å². The van der Waals surface area contributed by atoms with Crippen LogP contribution in [0.5, 0.6) is 5.75 Å². The number of nitrogens with zero attached hydrogens (tertiary/aromatic N) is 1. The maximum absolute atomic E-state index is 12.2. The fourth-order valence-electron chi connectivity index (χ4n) is 1.78. The molecule has 4 nitrogen and oxygen atoms in total. The minimum Gasteiger partial charge on any atom is -0.492 e. The van der Waals surface area contributed by atoms with E-state index in [4.69, 9.17) is 22.1 Å². The Morgan fingerprint density at radius 2 is 1.76 bits per heavy atom. The summed E-state index contributed by atoms with van der Waals surface area (Å²) in [6, 6.07) is 14.0. The summed E-state index contributed by atoms with van der Waals surface area (Å²) >= 11 is 5.80. The lowest BCUT2D eigenvalue weighted by Crippen LogP contribution is -2.30. The van der Waals surface area contributed by atoms with Gasteiger partial charge in [-0.3, -0.25) is 4.79 Å². The number of carbonyl (C=O) groups excluding carboxylic acids is 1. The zero-order valence-electron chi connectivity index (χ0n) is 11.8. The molecule has 2 aromatic rings. The van der Waals surface area contributed by atoms with Crippen LogP contribution in [-0.2, 0) is 0 Å². The molecular weight excluding hydrogens is 288 g/mol. The molecule has 0 fully saturated rings. The van der Waals surface area contributed by atoms with Gasteiger partial charge in [0.2, 0.25) is 0 Å². The molecule has 2 N–H and O–H groups in total. The fourth-order valence-corrected chi connectivity index (χ4v) is 1.90. The van der Waals surface area contributed by atoms with Crippen LogP contribution in [0.15, 0.2) is 48.5 Å². The molecule has 0 aliphatic carbocycles. The van der Waals surface area contributed by atoms with Gasteiger partial charge in [0, 0.05) is 23.3 Å². The molecule has 0 saturated carbocycles. The molecule has 5 heteroatoms. The van der Waals surface area contributed by atoms with E-state index < -0.39 is 0 Å². The summed E-state index contributed by atoms with van der Waals surface area (Å²) in [5.74, 6) is 0.669. The predicted molar refractivity (Wildman–Crippen MR) is 84.8 cm³/mol. The summed E-state index contributed by atoms with van der Waals surface area (Å²) in [4.78, 5) is 13.8. The number of likely N-dealkylation sites (N-methyl/N-ethyl adjacent to an activating group) is 1. The number of halogens is 1. The quantitative estimate of drug-likeness (QED) is 0.864. The van der Waals surface area contributed by atoms with Crippen LogP contribution in [-0.4, -0.2) is 31.0 Å². The van der Waals surface area contributed by atoms with Crippen molar-refractivity contribution in [3.8, 4) is 5.75 Å². The van der Waals surface area contributed by atoms with Crippen LogP contribution in [0, 0.1) is 0 Å². The third-order valence-electron chi connectivity index (χ3n) is 3.01. The highest BCUT2D eigenvalue weighted by molar-refractivity contribution is 6.30. The summed E-state index contributed by atoms with van der Waals surface area (Å²) in [6.07, 6.45) is 0. The van der Waals surface area contributed by atoms with Crippen molar-refractivity contribution < 1.29 is 9.53 Å². The van der Waals surface area contributed by atoms with E-state index in [1.54, 1.807) is 60.5 Å². The van der Waals surface area contributed by atoms with Crippen LogP contribution in [0.2, 0.25) is 5.02 Å². The van der Waals surface area contributed by atoms with Crippen LogP contribution in [0.25, 0.3) is 0 Å². The SMILES string of the molecule is CN(CCOc1ccc(Cl)cc1)C(=O)c1ccc(N)cc1. The molecule has 0 atom stereocenters. The second-order valence-electron chi connectivity index (χ2n) is 4.65. The van der Waals surface area contributed by atoms with Crippen molar-refractivity contribution in [1.29, 1.82) is 0 Å². The first-order valence-electron chi connectivity index (χ1n) is 6.55.